The molecule has 0 bridgehead atoms. The molecule has 0 spiro atoms. The molecule has 4 saturated carbocycles. The van der Waals surface area contributed by atoms with E-state index in [1.165, 1.54) is 0 Å². The van der Waals surface area contributed by atoms with E-state index in [1.54, 1.807) is 13.0 Å². The number of hydrogen-bond donors (Lipinski definition) is 6. The van der Waals surface area contributed by atoms with Crippen molar-refractivity contribution in [1.29, 1.82) is 0 Å². The number of hydrogen-bond acceptors (Lipinski definition) is 10. The Kier molecular flexibility index (Phi) is 6.61. The van der Waals surface area contributed by atoms with Gasteiger partial charge < -0.3 is 44.8 Å². The maximum absolute atomic E-state index is 12.4. The lowest BCUT2D eigenvalue weighted by atomic mass is 9.41. The van der Waals surface area contributed by atoms with Gasteiger partial charge in [-0.3, -0.25) is 0 Å². The van der Waals surface area contributed by atoms with E-state index < -0.39 is 64.9 Å². The first-order valence-corrected chi connectivity index (χ1v) is 14.6. The number of carbonyl (C=O) groups excluding carboxylic acids is 1. The molecule has 4 aliphatic carbocycles. The minimum atomic E-state index is -1.46. The first-order valence-electron chi connectivity index (χ1n) is 14.6. The Morgan fingerprint density at radius 1 is 0.949 bits per heavy atom. The second-order valence-electron chi connectivity index (χ2n) is 13.8. The van der Waals surface area contributed by atoms with Gasteiger partial charge in [-0.25, -0.2) is 4.79 Å². The molecule has 220 valence electrons. The average Bonchev–Trinajstić information content (AvgIpc) is 3.42. The molecule has 10 heteroatoms. The van der Waals surface area contributed by atoms with Gasteiger partial charge in [-0.15, -0.1) is 0 Å². The monoisotopic (exact) mass is 552 g/mol. The molecule has 6 rings (SSSR count). The third-order valence-electron chi connectivity index (χ3n) is 12.3. The molecule has 0 amide bonds. The van der Waals surface area contributed by atoms with Crippen molar-refractivity contribution in [1.82, 2.24) is 0 Å². The number of aliphatic hydroxyl groups excluding tert-OH is 4. The van der Waals surface area contributed by atoms with Gasteiger partial charge in [0.2, 0.25) is 0 Å². The van der Waals surface area contributed by atoms with E-state index in [0.717, 1.165) is 24.8 Å². The second-order valence-corrected chi connectivity index (χ2v) is 13.8. The van der Waals surface area contributed by atoms with Crippen molar-refractivity contribution in [3.8, 4) is 0 Å². The van der Waals surface area contributed by atoms with Crippen molar-refractivity contribution in [2.75, 3.05) is 6.61 Å². The molecular formula is C29H44O10. The van der Waals surface area contributed by atoms with Crippen molar-refractivity contribution < 1.29 is 49.6 Å². The fourth-order valence-electron chi connectivity index (χ4n) is 9.86. The molecule has 1 saturated heterocycles. The van der Waals surface area contributed by atoms with Gasteiger partial charge in [-0.2, -0.15) is 0 Å². The van der Waals surface area contributed by atoms with Crippen molar-refractivity contribution in [2.24, 2.45) is 28.6 Å². The normalized spacial score (nSPS) is 57.3. The van der Waals surface area contributed by atoms with E-state index in [1.807, 2.05) is 6.92 Å². The average molecular weight is 553 g/mol. The van der Waals surface area contributed by atoms with Crippen LogP contribution in [0.1, 0.15) is 72.1 Å². The van der Waals surface area contributed by atoms with Gasteiger partial charge in [0.15, 0.2) is 6.29 Å². The molecule has 2 aliphatic heterocycles. The molecule has 14 atom stereocenters. The number of carbonyl (C=O) groups is 1. The summed E-state index contributed by atoms with van der Waals surface area (Å²) in [6, 6.07) is 0. The highest BCUT2D eigenvalue weighted by atomic mass is 16.7. The zero-order chi connectivity index (χ0) is 28.1. The summed E-state index contributed by atoms with van der Waals surface area (Å²) in [6.07, 6.45) is -1.71. The molecule has 5 fully saturated rings. The number of rotatable bonds is 3. The maximum Gasteiger partial charge on any atom is 0.331 e. The number of cyclic esters (lactones) is 1. The predicted molar refractivity (Wildman–Crippen MR) is 136 cm³/mol. The molecule has 0 aromatic rings. The van der Waals surface area contributed by atoms with Crippen LogP contribution in [-0.2, 0) is 19.0 Å². The fourth-order valence-corrected chi connectivity index (χ4v) is 9.86. The highest BCUT2D eigenvalue weighted by Crippen LogP contribution is 2.70. The molecule has 6 N–H and O–H groups in total. The van der Waals surface area contributed by atoms with Crippen LogP contribution in [-0.4, -0.2) is 97.3 Å². The topological polar surface area (TPSA) is 166 Å². The maximum atomic E-state index is 12.4. The Labute approximate surface area is 229 Å². The summed E-state index contributed by atoms with van der Waals surface area (Å²) < 4.78 is 16.8. The number of esters is 1. The van der Waals surface area contributed by atoms with Gasteiger partial charge in [0, 0.05) is 29.7 Å². The van der Waals surface area contributed by atoms with Crippen LogP contribution in [0.4, 0.5) is 0 Å². The molecule has 0 radical (unpaired) electrons. The van der Waals surface area contributed by atoms with Crippen molar-refractivity contribution in [2.45, 2.75) is 126 Å². The summed E-state index contributed by atoms with van der Waals surface area (Å²) in [5.74, 6) is -0.455. The SMILES string of the molecule is C[C@@H]1O[C@@H](OC2CC(O)[C@]3(C)C4CC[C@]5(C)[C@@H](C6=CC(=O)OC6)CCC5(O)C4CCC3(O)C2)[C@H](O)[C@H](O)[C@H]1O. The van der Waals surface area contributed by atoms with Gasteiger partial charge in [-0.05, 0) is 68.8 Å². The molecule has 0 aromatic carbocycles. The standard InChI is InChI=1S/C29H44O10/c1-14-22(32)23(33)24(34)25(38-14)39-16-11-20(30)27(3)18-4-7-26(2)17(15-10-21(31)37-13-15)6-9-29(26,36)19(18)5-8-28(27,35)12-16/h10,14,16-20,22-25,30,32-36H,4-9,11-13H2,1-3H3/t14-,16?,17+,18?,19?,20?,22-,23+,24+,25-,26+,27-,28?,29?/m0/s1. The third kappa shape index (κ3) is 3.79. The minimum absolute atomic E-state index is 0.0655. The highest BCUT2D eigenvalue weighted by Gasteiger charge is 2.72. The zero-order valence-corrected chi connectivity index (χ0v) is 23.0. The van der Waals surface area contributed by atoms with E-state index in [4.69, 9.17) is 14.2 Å². The van der Waals surface area contributed by atoms with E-state index >= 15 is 0 Å². The lowest BCUT2D eigenvalue weighted by Crippen LogP contribution is -2.71. The van der Waals surface area contributed by atoms with Crippen molar-refractivity contribution in [3.05, 3.63) is 11.6 Å². The number of aliphatic hydroxyl groups is 6. The molecule has 0 aromatic heterocycles. The van der Waals surface area contributed by atoms with E-state index in [2.05, 4.69) is 6.92 Å². The summed E-state index contributed by atoms with van der Waals surface area (Å²) in [6.45, 7) is 5.95. The van der Waals surface area contributed by atoms with Crippen LogP contribution in [0.15, 0.2) is 11.6 Å². The summed E-state index contributed by atoms with van der Waals surface area (Å²) in [7, 11) is 0. The lowest BCUT2D eigenvalue weighted by molar-refractivity contribution is -0.329. The lowest BCUT2D eigenvalue weighted by Gasteiger charge is -2.67. The first-order chi connectivity index (χ1) is 18.2. The van der Waals surface area contributed by atoms with Crippen LogP contribution in [0.3, 0.4) is 0 Å². The quantitative estimate of drug-likeness (QED) is 0.215. The predicted octanol–water partition coefficient (Wildman–Crippen LogP) is 0.542. The van der Waals surface area contributed by atoms with Crippen LogP contribution in [0, 0.1) is 28.6 Å². The fraction of sp³-hybridized carbons (Fsp3) is 0.897. The highest BCUT2D eigenvalue weighted by molar-refractivity contribution is 5.85. The molecule has 10 nitrogen and oxygen atoms in total. The first kappa shape index (κ1) is 28.0. The van der Waals surface area contributed by atoms with Gasteiger partial charge in [0.25, 0.3) is 0 Å². The Morgan fingerprint density at radius 3 is 2.36 bits per heavy atom. The van der Waals surface area contributed by atoms with Crippen LogP contribution >= 0.6 is 0 Å². The van der Waals surface area contributed by atoms with E-state index in [-0.39, 0.29) is 43.2 Å². The third-order valence-corrected chi connectivity index (χ3v) is 12.3. The van der Waals surface area contributed by atoms with Crippen molar-refractivity contribution >= 4 is 5.97 Å². The molecule has 6 aliphatic rings. The molecule has 39 heavy (non-hydrogen) atoms. The van der Waals surface area contributed by atoms with Crippen molar-refractivity contribution in [3.63, 3.8) is 0 Å². The van der Waals surface area contributed by atoms with Gasteiger partial charge >= 0.3 is 5.97 Å². The number of fused-ring (bicyclic) bond motifs is 5. The minimum Gasteiger partial charge on any atom is -0.458 e. The van der Waals surface area contributed by atoms with E-state index in [0.29, 0.717) is 19.3 Å². The Balaban J connectivity index is 1.23. The molecule has 6 unspecified atom stereocenters. The van der Waals surface area contributed by atoms with Gasteiger partial charge in [-0.1, -0.05) is 13.8 Å². The van der Waals surface area contributed by atoms with Crippen LogP contribution < -0.4 is 0 Å². The van der Waals surface area contributed by atoms with Gasteiger partial charge in [0.05, 0.1) is 29.5 Å². The van der Waals surface area contributed by atoms with E-state index in [9.17, 15) is 35.4 Å². The van der Waals surface area contributed by atoms with Gasteiger partial charge in [0.1, 0.15) is 24.9 Å². The Bertz CT molecular complexity index is 1030. The van der Waals surface area contributed by atoms with Crippen LogP contribution in [0.5, 0.6) is 0 Å². The van der Waals surface area contributed by atoms with Crippen LogP contribution in [0.25, 0.3) is 0 Å². The zero-order valence-electron chi connectivity index (χ0n) is 23.0. The second kappa shape index (κ2) is 9.19. The smallest absolute Gasteiger partial charge is 0.331 e. The largest absolute Gasteiger partial charge is 0.458 e. The summed E-state index contributed by atoms with van der Waals surface area (Å²) >= 11 is 0. The summed E-state index contributed by atoms with van der Waals surface area (Å²) in [4.78, 5) is 11.8. The van der Waals surface area contributed by atoms with Crippen LogP contribution in [0.2, 0.25) is 0 Å². The molecule has 2 heterocycles. The number of ether oxygens (including phenoxy) is 3. The molecular weight excluding hydrogens is 508 g/mol. The Morgan fingerprint density at radius 2 is 1.67 bits per heavy atom. The Hall–Kier alpha value is -1.11. The summed E-state index contributed by atoms with van der Waals surface area (Å²) in [5.41, 5.74) is -2.55. The summed E-state index contributed by atoms with van der Waals surface area (Å²) in [5, 5.41) is 66.8.